The minimum atomic E-state index is -2.36. The second-order valence-electron chi connectivity index (χ2n) is 5.78. The maximum atomic E-state index is 10.0. The summed E-state index contributed by atoms with van der Waals surface area (Å²) in [6.45, 7) is 1.79. The summed E-state index contributed by atoms with van der Waals surface area (Å²) in [4.78, 5) is 0. The molecule has 6 heteroatoms. The Hall–Kier alpha value is -2.62. The lowest BCUT2D eigenvalue weighted by atomic mass is 10.1. The maximum absolute atomic E-state index is 10.0. The van der Waals surface area contributed by atoms with Crippen molar-refractivity contribution in [1.29, 1.82) is 0 Å². The molecule has 0 saturated heterocycles. The third-order valence-electron chi connectivity index (χ3n) is 3.97. The van der Waals surface area contributed by atoms with E-state index in [0.717, 1.165) is 10.6 Å². The van der Waals surface area contributed by atoms with E-state index in [0.29, 0.717) is 11.3 Å². The Morgan fingerprint density at radius 1 is 0.885 bits per heavy atom. The van der Waals surface area contributed by atoms with Gasteiger partial charge < -0.3 is 10.2 Å². The summed E-state index contributed by atoms with van der Waals surface area (Å²) >= 11 is 6.05. The van der Waals surface area contributed by atoms with Crippen molar-refractivity contribution in [2.75, 3.05) is 0 Å². The second kappa shape index (κ2) is 7.73. The summed E-state index contributed by atoms with van der Waals surface area (Å²) in [5.41, 5.74) is 1.13. The van der Waals surface area contributed by atoms with Gasteiger partial charge >= 0.3 is 0 Å². The van der Waals surface area contributed by atoms with Gasteiger partial charge in [0.2, 0.25) is 0 Å². The van der Waals surface area contributed by atoms with Gasteiger partial charge in [-0.15, -0.1) is 0 Å². The monoisotopic (exact) mass is 382 g/mol. The lowest BCUT2D eigenvalue weighted by molar-refractivity contribution is 0.450. The average Bonchev–Trinajstić information content (AvgIpc) is 2.67. The molecule has 4 nitrogen and oxygen atoms in total. The molecule has 3 N–H and O–H groups in total. The van der Waals surface area contributed by atoms with Gasteiger partial charge in [0.25, 0.3) is 0 Å². The van der Waals surface area contributed by atoms with Gasteiger partial charge in [0, 0.05) is 22.2 Å². The SMILES string of the molecule is C/C(=N\NP(=S)(c1ccccc1)c1ccccc1)c1ccc(O)cc1O. The van der Waals surface area contributed by atoms with Crippen molar-refractivity contribution in [3.05, 3.63) is 84.4 Å². The predicted octanol–water partition coefficient (Wildman–Crippen LogP) is 3.46. The van der Waals surface area contributed by atoms with Crippen molar-refractivity contribution >= 4 is 34.3 Å². The van der Waals surface area contributed by atoms with Crippen LogP contribution in [-0.4, -0.2) is 15.9 Å². The van der Waals surface area contributed by atoms with Crippen LogP contribution in [-0.2, 0) is 11.8 Å². The molecule has 0 fully saturated rings. The molecule has 26 heavy (non-hydrogen) atoms. The van der Waals surface area contributed by atoms with Crippen molar-refractivity contribution in [2.24, 2.45) is 5.10 Å². The molecule has 0 atom stereocenters. The number of phenols is 2. The normalized spacial score (nSPS) is 12.0. The Labute approximate surface area is 157 Å². The van der Waals surface area contributed by atoms with Gasteiger partial charge in [-0.05, 0) is 19.1 Å². The van der Waals surface area contributed by atoms with Crippen molar-refractivity contribution in [3.8, 4) is 11.5 Å². The van der Waals surface area contributed by atoms with Crippen LogP contribution in [0, 0.1) is 0 Å². The molecule has 0 amide bonds. The van der Waals surface area contributed by atoms with Crippen LogP contribution in [0.25, 0.3) is 0 Å². The highest BCUT2D eigenvalue weighted by atomic mass is 32.4. The van der Waals surface area contributed by atoms with Crippen molar-refractivity contribution in [1.82, 2.24) is 5.20 Å². The minimum absolute atomic E-state index is 0.00527. The molecule has 0 spiro atoms. The largest absolute Gasteiger partial charge is 0.508 e. The second-order valence-corrected chi connectivity index (χ2v) is 9.87. The van der Waals surface area contributed by atoms with E-state index < -0.39 is 6.19 Å². The van der Waals surface area contributed by atoms with Gasteiger partial charge in [-0.3, -0.25) is 5.20 Å². The molecular formula is C20H19N2O2PS. The third kappa shape index (κ3) is 3.79. The number of aromatic hydroxyl groups is 2. The first-order valence-electron chi connectivity index (χ1n) is 8.06. The number of phenolic OH excluding ortho intramolecular Hbond substituents is 2. The Morgan fingerprint density at radius 2 is 1.42 bits per heavy atom. The number of nitrogens with one attached hydrogen (secondary N) is 1. The molecule has 3 aromatic rings. The third-order valence-corrected chi connectivity index (χ3v) is 7.91. The van der Waals surface area contributed by atoms with Crippen LogP contribution < -0.4 is 15.8 Å². The Balaban J connectivity index is 2.00. The van der Waals surface area contributed by atoms with Gasteiger partial charge in [-0.1, -0.05) is 72.5 Å². The highest BCUT2D eigenvalue weighted by Crippen LogP contribution is 2.39. The number of nitrogens with zero attached hydrogens (tertiary/aromatic N) is 1. The lowest BCUT2D eigenvalue weighted by Crippen LogP contribution is -2.25. The molecule has 0 aliphatic rings. The maximum Gasteiger partial charge on any atom is 0.128 e. The van der Waals surface area contributed by atoms with Crippen molar-refractivity contribution in [3.63, 3.8) is 0 Å². The average molecular weight is 382 g/mol. The van der Waals surface area contributed by atoms with Crippen molar-refractivity contribution in [2.45, 2.75) is 6.92 Å². The summed E-state index contributed by atoms with van der Waals surface area (Å²) in [7, 11) is 0. The van der Waals surface area contributed by atoms with Crippen LogP contribution in [0.3, 0.4) is 0 Å². The van der Waals surface area contributed by atoms with E-state index in [4.69, 9.17) is 11.8 Å². The number of hydrogen-bond acceptors (Lipinski definition) is 4. The van der Waals surface area contributed by atoms with Crippen LogP contribution in [0.5, 0.6) is 11.5 Å². The van der Waals surface area contributed by atoms with Crippen LogP contribution >= 0.6 is 6.19 Å². The van der Waals surface area contributed by atoms with E-state index in [-0.39, 0.29) is 11.5 Å². The van der Waals surface area contributed by atoms with E-state index in [2.05, 4.69) is 10.3 Å². The smallest absolute Gasteiger partial charge is 0.128 e. The molecule has 0 radical (unpaired) electrons. The van der Waals surface area contributed by atoms with Gasteiger partial charge in [-0.2, -0.15) is 5.10 Å². The molecule has 0 saturated carbocycles. The van der Waals surface area contributed by atoms with Crippen molar-refractivity contribution < 1.29 is 10.2 Å². The molecule has 0 unspecified atom stereocenters. The zero-order valence-corrected chi connectivity index (χ0v) is 15.9. The van der Waals surface area contributed by atoms with Gasteiger partial charge in [-0.25, -0.2) is 0 Å². The number of hydrogen-bond donors (Lipinski definition) is 3. The lowest BCUT2D eigenvalue weighted by Gasteiger charge is -2.23. The summed E-state index contributed by atoms with van der Waals surface area (Å²) in [5, 5.41) is 29.2. The molecule has 0 aliphatic heterocycles. The molecule has 0 aliphatic carbocycles. The van der Waals surface area contributed by atoms with Crippen LogP contribution in [0.4, 0.5) is 0 Å². The molecule has 3 aromatic carbocycles. The van der Waals surface area contributed by atoms with Gasteiger partial charge in [0.05, 0.1) is 5.71 Å². The van der Waals surface area contributed by atoms with E-state index in [9.17, 15) is 10.2 Å². The standard InChI is InChI=1S/C20H19N2O2PS/c1-15(19-13-12-16(23)14-20(19)24)21-22-25(26,17-8-4-2-5-9-17)18-10-6-3-7-11-18/h2-14,23-24H,1H3,(H,22,26)/b21-15+. The van der Waals surface area contributed by atoms with E-state index in [1.54, 1.807) is 13.0 Å². The topological polar surface area (TPSA) is 64.9 Å². The van der Waals surface area contributed by atoms with E-state index in [1.807, 2.05) is 60.7 Å². The summed E-state index contributed by atoms with van der Waals surface area (Å²) in [6, 6.07) is 24.2. The zero-order chi connectivity index (χ0) is 18.6. The summed E-state index contributed by atoms with van der Waals surface area (Å²) in [6.07, 6.45) is -2.36. The highest BCUT2D eigenvalue weighted by molar-refractivity contribution is 8.20. The molecule has 3 rings (SSSR count). The van der Waals surface area contributed by atoms with E-state index in [1.165, 1.54) is 12.1 Å². The fourth-order valence-electron chi connectivity index (χ4n) is 2.57. The number of benzene rings is 3. The fourth-order valence-corrected chi connectivity index (χ4v) is 5.43. The Kier molecular flexibility index (Phi) is 5.40. The highest BCUT2D eigenvalue weighted by Gasteiger charge is 2.21. The molecule has 0 aromatic heterocycles. The quantitative estimate of drug-likeness (QED) is 0.359. The molecule has 0 heterocycles. The first-order chi connectivity index (χ1) is 12.5. The Morgan fingerprint density at radius 3 is 1.92 bits per heavy atom. The van der Waals surface area contributed by atoms with Gasteiger partial charge in [0.15, 0.2) is 0 Å². The first kappa shape index (κ1) is 18.2. The van der Waals surface area contributed by atoms with Crippen LogP contribution in [0.1, 0.15) is 12.5 Å². The van der Waals surface area contributed by atoms with E-state index >= 15 is 0 Å². The predicted molar refractivity (Wildman–Crippen MR) is 112 cm³/mol. The Bertz CT molecular complexity index is 932. The number of rotatable bonds is 5. The minimum Gasteiger partial charge on any atom is -0.508 e. The molecular weight excluding hydrogens is 363 g/mol. The van der Waals surface area contributed by atoms with Gasteiger partial charge in [0.1, 0.15) is 17.7 Å². The summed E-state index contributed by atoms with van der Waals surface area (Å²) < 4.78 is 0. The summed E-state index contributed by atoms with van der Waals surface area (Å²) in [5.74, 6) is -0.0218. The fraction of sp³-hybridized carbons (Fsp3) is 0.0500. The first-order valence-corrected chi connectivity index (χ1v) is 10.9. The zero-order valence-electron chi connectivity index (χ0n) is 14.2. The van der Waals surface area contributed by atoms with Crippen LogP contribution in [0.15, 0.2) is 84.0 Å². The van der Waals surface area contributed by atoms with Crippen LogP contribution in [0.2, 0.25) is 0 Å². The molecule has 0 bridgehead atoms. The number of hydrazone groups is 1. The molecule has 132 valence electrons.